The number of imide groups is 1. The highest BCUT2D eigenvalue weighted by atomic mass is 16.2. The summed E-state index contributed by atoms with van der Waals surface area (Å²) in [7, 11) is 0. The van der Waals surface area contributed by atoms with Gasteiger partial charge in [-0.2, -0.15) is 9.50 Å². The van der Waals surface area contributed by atoms with Crippen molar-refractivity contribution in [1.29, 1.82) is 0 Å². The third kappa shape index (κ3) is 2.82. The lowest BCUT2D eigenvalue weighted by Crippen LogP contribution is -2.32. The third-order valence-corrected chi connectivity index (χ3v) is 4.87. The van der Waals surface area contributed by atoms with Gasteiger partial charge in [0.2, 0.25) is 5.78 Å². The van der Waals surface area contributed by atoms with Gasteiger partial charge in [0, 0.05) is 12.5 Å². The summed E-state index contributed by atoms with van der Waals surface area (Å²) >= 11 is 0. The van der Waals surface area contributed by atoms with Gasteiger partial charge in [0.05, 0.1) is 11.1 Å². The number of H-pyrrole nitrogens is 1. The van der Waals surface area contributed by atoms with Crippen molar-refractivity contribution < 1.29 is 9.59 Å². The Bertz CT molecular complexity index is 1290. The Morgan fingerprint density at radius 2 is 1.48 bits per heavy atom. The van der Waals surface area contributed by atoms with E-state index in [1.807, 2.05) is 30.3 Å². The summed E-state index contributed by atoms with van der Waals surface area (Å²) in [6.45, 7) is 0. The monoisotopic (exact) mass is 385 g/mol. The van der Waals surface area contributed by atoms with Crippen LogP contribution in [0.25, 0.3) is 5.78 Å². The molecule has 1 N–H and O–H groups in total. The van der Waals surface area contributed by atoms with E-state index in [2.05, 4.69) is 15.1 Å². The highest BCUT2D eigenvalue weighted by Crippen LogP contribution is 2.27. The second-order valence-electron chi connectivity index (χ2n) is 6.73. The molecule has 5 rings (SSSR count). The lowest BCUT2D eigenvalue weighted by Gasteiger charge is -2.13. The van der Waals surface area contributed by atoms with E-state index in [9.17, 15) is 14.4 Å². The van der Waals surface area contributed by atoms with Crippen LogP contribution in [-0.4, -0.2) is 31.4 Å². The summed E-state index contributed by atoms with van der Waals surface area (Å²) in [5.41, 5.74) is 1.28. The lowest BCUT2D eigenvalue weighted by molar-refractivity contribution is 0.0924. The number of aryl methyl sites for hydroxylation is 2. The number of aromatic nitrogens is 4. The minimum absolute atomic E-state index is 0.0772. The fraction of sp³-hybridized carbons (Fsp3) is 0.0952. The van der Waals surface area contributed by atoms with Gasteiger partial charge < -0.3 is 0 Å². The number of carbonyl (C=O) groups excluding carboxylic acids is 2. The van der Waals surface area contributed by atoms with Crippen LogP contribution in [0.5, 0.6) is 0 Å². The Hall–Kier alpha value is -4.07. The van der Waals surface area contributed by atoms with Gasteiger partial charge in [-0.1, -0.05) is 42.5 Å². The van der Waals surface area contributed by atoms with Crippen LogP contribution in [-0.2, 0) is 12.8 Å². The van der Waals surface area contributed by atoms with Crippen LogP contribution in [0.15, 0.2) is 65.5 Å². The van der Waals surface area contributed by atoms with Crippen molar-refractivity contribution in [3.05, 3.63) is 93.5 Å². The van der Waals surface area contributed by atoms with E-state index >= 15 is 0 Å². The number of anilines is 1. The van der Waals surface area contributed by atoms with E-state index < -0.39 is 17.4 Å². The molecule has 1 aliphatic heterocycles. The van der Waals surface area contributed by atoms with Gasteiger partial charge in [-0.15, -0.1) is 5.10 Å². The molecule has 2 aromatic carbocycles. The highest BCUT2D eigenvalue weighted by Gasteiger charge is 2.38. The highest BCUT2D eigenvalue weighted by molar-refractivity contribution is 6.34. The first kappa shape index (κ1) is 17.1. The molecular formula is C21H15N5O3. The largest absolute Gasteiger partial charge is 0.291 e. The van der Waals surface area contributed by atoms with E-state index in [1.54, 1.807) is 24.3 Å². The fourth-order valence-electron chi connectivity index (χ4n) is 3.48. The summed E-state index contributed by atoms with van der Waals surface area (Å²) in [4.78, 5) is 45.7. The van der Waals surface area contributed by atoms with Gasteiger partial charge in [0.25, 0.3) is 17.4 Å². The molecule has 1 aliphatic rings. The van der Waals surface area contributed by atoms with Crippen molar-refractivity contribution in [3.63, 3.8) is 0 Å². The van der Waals surface area contributed by atoms with Crippen LogP contribution >= 0.6 is 0 Å². The Kier molecular flexibility index (Phi) is 3.83. The molecule has 8 nitrogen and oxygen atoms in total. The summed E-state index contributed by atoms with van der Waals surface area (Å²) in [6.07, 6.45) is 1.28. The van der Waals surface area contributed by atoms with Gasteiger partial charge in [-0.05, 0) is 24.1 Å². The zero-order chi connectivity index (χ0) is 20.0. The molecule has 29 heavy (non-hydrogen) atoms. The van der Waals surface area contributed by atoms with Crippen molar-refractivity contribution in [3.8, 4) is 0 Å². The van der Waals surface area contributed by atoms with Crippen molar-refractivity contribution in [2.24, 2.45) is 0 Å². The maximum atomic E-state index is 12.8. The minimum atomic E-state index is -0.487. The number of amides is 2. The van der Waals surface area contributed by atoms with Crippen LogP contribution in [0.2, 0.25) is 0 Å². The molecule has 8 heteroatoms. The van der Waals surface area contributed by atoms with E-state index in [0.29, 0.717) is 23.4 Å². The van der Waals surface area contributed by atoms with Crippen molar-refractivity contribution in [2.45, 2.75) is 12.8 Å². The normalized spacial score (nSPS) is 13.3. The van der Waals surface area contributed by atoms with Gasteiger partial charge in [0.15, 0.2) is 11.6 Å². The molecule has 0 saturated heterocycles. The number of fused-ring (bicyclic) bond motifs is 2. The van der Waals surface area contributed by atoms with Crippen LogP contribution in [0.3, 0.4) is 0 Å². The smallest absolute Gasteiger partial charge is 0.267 e. The first-order valence-electron chi connectivity index (χ1n) is 9.12. The van der Waals surface area contributed by atoms with Gasteiger partial charge in [-0.25, -0.2) is 4.90 Å². The molecule has 0 aliphatic carbocycles. The standard InChI is InChI=1S/C21H15N5O3/c27-17-12-18(25-19(28)14-8-4-5-9-15(14)20(25)29)26-21(23-17)22-16(24-26)11-10-13-6-2-1-3-7-13/h1-9,12H,10-11H2,(H,22,23,24,27). The maximum Gasteiger partial charge on any atom is 0.267 e. The predicted octanol–water partition coefficient (Wildman–Crippen LogP) is 2.00. The van der Waals surface area contributed by atoms with E-state index in [1.165, 1.54) is 10.6 Å². The summed E-state index contributed by atoms with van der Waals surface area (Å²) in [6, 6.07) is 17.7. The Balaban J connectivity index is 1.55. The van der Waals surface area contributed by atoms with Gasteiger partial charge >= 0.3 is 0 Å². The molecule has 2 amide bonds. The number of hydrogen-bond donors (Lipinski definition) is 1. The molecule has 0 saturated carbocycles. The molecule has 0 bridgehead atoms. The second kappa shape index (κ2) is 6.52. The molecule has 0 fully saturated rings. The van der Waals surface area contributed by atoms with Crippen molar-refractivity contribution >= 4 is 23.4 Å². The predicted molar refractivity (Wildman–Crippen MR) is 105 cm³/mol. The summed E-state index contributed by atoms with van der Waals surface area (Å²) in [5, 5.41) is 4.43. The number of rotatable bonds is 4. The molecule has 0 atom stereocenters. The van der Waals surface area contributed by atoms with E-state index in [-0.39, 0.29) is 11.6 Å². The topological polar surface area (TPSA) is 100 Å². The molecule has 4 aromatic rings. The SMILES string of the molecule is O=C1c2ccccc2C(=O)N1c1cc(=O)[nH]c2nc(CCc3ccccc3)nn12. The molecule has 142 valence electrons. The number of nitrogens with zero attached hydrogens (tertiary/aromatic N) is 4. The lowest BCUT2D eigenvalue weighted by atomic mass is 10.1. The number of aromatic amines is 1. The van der Waals surface area contributed by atoms with Crippen LogP contribution in [0, 0.1) is 0 Å². The third-order valence-electron chi connectivity index (χ3n) is 4.87. The Labute approximate surface area is 164 Å². The number of hydrogen-bond acceptors (Lipinski definition) is 5. The Morgan fingerprint density at radius 3 is 2.17 bits per heavy atom. The summed E-state index contributed by atoms with van der Waals surface area (Å²) < 4.78 is 1.34. The van der Waals surface area contributed by atoms with Gasteiger partial charge in [0.1, 0.15) is 0 Å². The minimum Gasteiger partial charge on any atom is -0.291 e. The second-order valence-corrected chi connectivity index (χ2v) is 6.73. The molecule has 3 heterocycles. The van der Waals surface area contributed by atoms with Crippen LogP contribution in [0.1, 0.15) is 32.1 Å². The molecule has 0 spiro atoms. The van der Waals surface area contributed by atoms with E-state index in [4.69, 9.17) is 0 Å². The van der Waals surface area contributed by atoms with Crippen LogP contribution < -0.4 is 10.5 Å². The van der Waals surface area contributed by atoms with Crippen LogP contribution in [0.4, 0.5) is 5.82 Å². The fourth-order valence-corrected chi connectivity index (χ4v) is 3.48. The average molecular weight is 385 g/mol. The zero-order valence-electron chi connectivity index (χ0n) is 15.2. The quantitative estimate of drug-likeness (QED) is 0.542. The van der Waals surface area contributed by atoms with Crippen molar-refractivity contribution in [2.75, 3.05) is 4.90 Å². The average Bonchev–Trinajstić information content (AvgIpc) is 3.26. The maximum absolute atomic E-state index is 12.8. The van der Waals surface area contributed by atoms with Crippen molar-refractivity contribution in [1.82, 2.24) is 19.6 Å². The first-order chi connectivity index (χ1) is 14.1. The Morgan fingerprint density at radius 1 is 0.828 bits per heavy atom. The number of benzene rings is 2. The first-order valence-corrected chi connectivity index (χ1v) is 9.12. The molecule has 0 unspecified atom stereocenters. The van der Waals surface area contributed by atoms with Gasteiger partial charge in [-0.3, -0.25) is 19.4 Å². The molecular weight excluding hydrogens is 370 g/mol. The number of nitrogens with one attached hydrogen (secondary N) is 1. The zero-order valence-corrected chi connectivity index (χ0v) is 15.2. The molecule has 0 radical (unpaired) electrons. The summed E-state index contributed by atoms with van der Waals surface area (Å²) in [5.74, 6) is -0.202. The number of carbonyl (C=O) groups is 2. The molecule has 2 aromatic heterocycles. The van der Waals surface area contributed by atoms with E-state index in [0.717, 1.165) is 16.9 Å².